The van der Waals surface area contributed by atoms with Crippen LogP contribution in [0.15, 0.2) is 54.9 Å². The third-order valence-electron chi connectivity index (χ3n) is 2.37. The van der Waals surface area contributed by atoms with Crippen LogP contribution in [0, 0.1) is 0 Å². The van der Waals surface area contributed by atoms with Crippen LogP contribution < -0.4 is 5.73 Å². The molecular weight excluding hydrogens is 196 g/mol. The van der Waals surface area contributed by atoms with Crippen LogP contribution in [0.3, 0.4) is 0 Å². The molecule has 0 saturated heterocycles. The van der Waals surface area contributed by atoms with Gasteiger partial charge < -0.3 is 5.73 Å². The summed E-state index contributed by atoms with van der Waals surface area (Å²) in [6.45, 7) is 0.576. The van der Waals surface area contributed by atoms with Gasteiger partial charge in [-0.15, -0.1) is 0 Å². The molecule has 80 valence electrons. The Hall–Kier alpha value is -1.93. The molecule has 0 radical (unpaired) electrons. The Labute approximate surface area is 95.5 Å². The van der Waals surface area contributed by atoms with Crippen LogP contribution in [0.2, 0.25) is 0 Å². The molecule has 1 aromatic heterocycles. The number of aromatic nitrogens is 1. The van der Waals surface area contributed by atoms with Crippen LogP contribution in [0.5, 0.6) is 0 Å². The minimum Gasteiger partial charge on any atom is -0.327 e. The lowest BCUT2D eigenvalue weighted by molar-refractivity contribution is 1.26. The van der Waals surface area contributed by atoms with Crippen molar-refractivity contribution < 1.29 is 0 Å². The van der Waals surface area contributed by atoms with E-state index in [1.54, 1.807) is 12.4 Å². The number of hydrogen-bond acceptors (Lipinski definition) is 2. The molecule has 0 aliphatic rings. The van der Waals surface area contributed by atoms with Gasteiger partial charge in [0, 0.05) is 18.9 Å². The maximum absolute atomic E-state index is 5.40. The molecule has 0 unspecified atom stereocenters. The standard InChI is InChI=1S/C14H14N2/c15-9-1-2-12-3-5-13(6-4-12)14-7-10-16-11-8-14/h1-8,10-11H,9,15H2. The predicted octanol–water partition coefficient (Wildman–Crippen LogP) is 2.72. The second-order valence-corrected chi connectivity index (χ2v) is 3.50. The number of benzene rings is 1. The first-order chi connectivity index (χ1) is 7.90. The molecule has 0 atom stereocenters. The van der Waals surface area contributed by atoms with Crippen LogP contribution >= 0.6 is 0 Å². The van der Waals surface area contributed by atoms with E-state index in [2.05, 4.69) is 29.2 Å². The minimum absolute atomic E-state index is 0.576. The van der Waals surface area contributed by atoms with Crippen molar-refractivity contribution in [2.24, 2.45) is 5.73 Å². The van der Waals surface area contributed by atoms with Gasteiger partial charge in [-0.2, -0.15) is 0 Å². The zero-order valence-corrected chi connectivity index (χ0v) is 9.01. The lowest BCUT2D eigenvalue weighted by atomic mass is 10.1. The summed E-state index contributed by atoms with van der Waals surface area (Å²) in [5.74, 6) is 0. The van der Waals surface area contributed by atoms with Crippen molar-refractivity contribution in [1.29, 1.82) is 0 Å². The zero-order valence-electron chi connectivity index (χ0n) is 9.01. The maximum atomic E-state index is 5.40. The summed E-state index contributed by atoms with van der Waals surface area (Å²) in [6, 6.07) is 12.4. The Morgan fingerprint density at radius 1 is 0.938 bits per heavy atom. The second kappa shape index (κ2) is 5.24. The van der Waals surface area contributed by atoms with E-state index in [4.69, 9.17) is 5.73 Å². The van der Waals surface area contributed by atoms with E-state index >= 15 is 0 Å². The van der Waals surface area contributed by atoms with Gasteiger partial charge in [0.05, 0.1) is 0 Å². The molecule has 2 heteroatoms. The summed E-state index contributed by atoms with van der Waals surface area (Å²) in [5.41, 5.74) is 8.96. The van der Waals surface area contributed by atoms with E-state index in [1.807, 2.05) is 24.3 Å². The van der Waals surface area contributed by atoms with Crippen molar-refractivity contribution >= 4 is 6.08 Å². The molecule has 0 aliphatic carbocycles. The molecule has 2 aromatic rings. The lowest BCUT2D eigenvalue weighted by Gasteiger charge is -2.01. The number of hydrogen-bond donors (Lipinski definition) is 1. The summed E-state index contributed by atoms with van der Waals surface area (Å²) in [5, 5.41) is 0. The fourth-order valence-electron chi connectivity index (χ4n) is 1.54. The average Bonchev–Trinajstić information content (AvgIpc) is 2.38. The van der Waals surface area contributed by atoms with Gasteiger partial charge in [-0.05, 0) is 28.8 Å². The molecular formula is C14H14N2. The van der Waals surface area contributed by atoms with Gasteiger partial charge in [-0.25, -0.2) is 0 Å². The summed E-state index contributed by atoms with van der Waals surface area (Å²) in [6.07, 6.45) is 7.58. The van der Waals surface area contributed by atoms with Crippen molar-refractivity contribution in [2.45, 2.75) is 0 Å². The van der Waals surface area contributed by atoms with Gasteiger partial charge in [0.2, 0.25) is 0 Å². The minimum atomic E-state index is 0.576. The molecule has 2 rings (SSSR count). The summed E-state index contributed by atoms with van der Waals surface area (Å²) < 4.78 is 0. The maximum Gasteiger partial charge on any atom is 0.0273 e. The Balaban J connectivity index is 2.23. The van der Waals surface area contributed by atoms with Crippen molar-refractivity contribution in [3.05, 3.63) is 60.4 Å². The van der Waals surface area contributed by atoms with Gasteiger partial charge in [0.15, 0.2) is 0 Å². The molecule has 0 amide bonds. The number of rotatable bonds is 3. The Morgan fingerprint density at radius 2 is 1.56 bits per heavy atom. The largest absolute Gasteiger partial charge is 0.327 e. The average molecular weight is 210 g/mol. The molecule has 1 heterocycles. The van der Waals surface area contributed by atoms with Crippen LogP contribution in [-0.4, -0.2) is 11.5 Å². The Morgan fingerprint density at radius 3 is 2.19 bits per heavy atom. The second-order valence-electron chi connectivity index (χ2n) is 3.50. The number of nitrogens with two attached hydrogens (primary N) is 1. The van der Waals surface area contributed by atoms with Crippen molar-refractivity contribution in [3.63, 3.8) is 0 Å². The molecule has 16 heavy (non-hydrogen) atoms. The molecule has 0 aliphatic heterocycles. The van der Waals surface area contributed by atoms with Gasteiger partial charge in [0.25, 0.3) is 0 Å². The summed E-state index contributed by atoms with van der Waals surface area (Å²) in [4.78, 5) is 4.00. The highest BCUT2D eigenvalue weighted by atomic mass is 14.6. The highest BCUT2D eigenvalue weighted by Gasteiger charge is 1.95. The lowest BCUT2D eigenvalue weighted by Crippen LogP contribution is -1.91. The van der Waals surface area contributed by atoms with Crippen molar-refractivity contribution in [2.75, 3.05) is 6.54 Å². The smallest absolute Gasteiger partial charge is 0.0273 e. The van der Waals surface area contributed by atoms with E-state index < -0.39 is 0 Å². The van der Waals surface area contributed by atoms with Crippen molar-refractivity contribution in [3.8, 4) is 11.1 Å². The third-order valence-corrected chi connectivity index (χ3v) is 2.37. The van der Waals surface area contributed by atoms with Crippen LogP contribution in [0.4, 0.5) is 0 Å². The first kappa shape index (κ1) is 10.6. The van der Waals surface area contributed by atoms with Crippen LogP contribution in [0.1, 0.15) is 5.56 Å². The quantitative estimate of drug-likeness (QED) is 0.846. The monoisotopic (exact) mass is 210 g/mol. The third kappa shape index (κ3) is 2.55. The Kier molecular flexibility index (Phi) is 3.46. The van der Waals surface area contributed by atoms with E-state index in [0.717, 1.165) is 0 Å². The molecule has 2 nitrogen and oxygen atoms in total. The van der Waals surface area contributed by atoms with Crippen LogP contribution in [-0.2, 0) is 0 Å². The van der Waals surface area contributed by atoms with E-state index in [1.165, 1.54) is 16.7 Å². The molecule has 2 N–H and O–H groups in total. The molecule has 0 fully saturated rings. The normalized spacial score (nSPS) is 10.8. The first-order valence-electron chi connectivity index (χ1n) is 5.27. The fraction of sp³-hybridized carbons (Fsp3) is 0.0714. The van der Waals surface area contributed by atoms with Gasteiger partial charge >= 0.3 is 0 Å². The summed E-state index contributed by atoms with van der Waals surface area (Å²) in [7, 11) is 0. The molecule has 0 saturated carbocycles. The Bertz CT molecular complexity index is 458. The van der Waals surface area contributed by atoms with Gasteiger partial charge in [0.1, 0.15) is 0 Å². The molecule has 1 aromatic carbocycles. The number of pyridine rings is 1. The van der Waals surface area contributed by atoms with Crippen molar-refractivity contribution in [1.82, 2.24) is 4.98 Å². The topological polar surface area (TPSA) is 38.9 Å². The fourth-order valence-corrected chi connectivity index (χ4v) is 1.54. The van der Waals surface area contributed by atoms with Crippen LogP contribution in [0.25, 0.3) is 17.2 Å². The van der Waals surface area contributed by atoms with E-state index in [-0.39, 0.29) is 0 Å². The van der Waals surface area contributed by atoms with E-state index in [0.29, 0.717) is 6.54 Å². The zero-order chi connectivity index (χ0) is 11.2. The first-order valence-corrected chi connectivity index (χ1v) is 5.27. The number of nitrogens with zero attached hydrogens (tertiary/aromatic N) is 1. The van der Waals surface area contributed by atoms with E-state index in [9.17, 15) is 0 Å². The highest BCUT2D eigenvalue weighted by molar-refractivity contribution is 5.65. The predicted molar refractivity (Wildman–Crippen MR) is 67.8 cm³/mol. The molecule has 0 spiro atoms. The highest BCUT2D eigenvalue weighted by Crippen LogP contribution is 2.18. The van der Waals surface area contributed by atoms with Gasteiger partial charge in [-0.1, -0.05) is 36.4 Å². The summed E-state index contributed by atoms with van der Waals surface area (Å²) >= 11 is 0. The molecule has 0 bridgehead atoms. The van der Waals surface area contributed by atoms with Gasteiger partial charge in [-0.3, -0.25) is 4.98 Å². The SMILES string of the molecule is NCC=Cc1ccc(-c2ccncc2)cc1.